The van der Waals surface area contributed by atoms with Crippen LogP contribution in [-0.4, -0.2) is 51.5 Å². The Labute approximate surface area is 145 Å². The number of likely N-dealkylation sites (tertiary alicyclic amines) is 1. The molecule has 0 saturated carbocycles. The number of urea groups is 1. The van der Waals surface area contributed by atoms with Crippen molar-refractivity contribution in [2.75, 3.05) is 6.54 Å². The molecule has 0 radical (unpaired) electrons. The number of benzene rings is 1. The molecule has 1 saturated heterocycles. The second-order valence-corrected chi connectivity index (χ2v) is 5.94. The number of rotatable bonds is 4. The van der Waals surface area contributed by atoms with Crippen LogP contribution in [0.3, 0.4) is 0 Å². The molecule has 1 aliphatic rings. The predicted molar refractivity (Wildman–Crippen MR) is 89.5 cm³/mol. The third-order valence-corrected chi connectivity index (χ3v) is 3.79. The van der Waals surface area contributed by atoms with Gasteiger partial charge in [0.25, 0.3) is 0 Å². The maximum absolute atomic E-state index is 11.6. The Kier molecular flexibility index (Phi) is 7.10. The molecule has 1 aromatic carbocycles. The van der Waals surface area contributed by atoms with E-state index in [4.69, 9.17) is 15.9 Å². The molecule has 1 fully saturated rings. The maximum atomic E-state index is 11.6. The number of hydrogen-bond donors (Lipinski definition) is 3. The average Bonchev–Trinajstić information content (AvgIpc) is 3.04. The summed E-state index contributed by atoms with van der Waals surface area (Å²) in [5.41, 5.74) is 5.12. The lowest BCUT2D eigenvalue weighted by Gasteiger charge is -2.22. The number of carbonyl (C=O) groups is 4. The van der Waals surface area contributed by atoms with Gasteiger partial charge in [-0.2, -0.15) is 0 Å². The first-order valence-electron chi connectivity index (χ1n) is 7.81. The Bertz CT molecular complexity index is 642. The van der Waals surface area contributed by atoms with Crippen LogP contribution in [0, 0.1) is 5.92 Å². The Morgan fingerprint density at radius 3 is 2.04 bits per heavy atom. The zero-order valence-corrected chi connectivity index (χ0v) is 14.1. The molecule has 1 heterocycles. The van der Waals surface area contributed by atoms with Crippen molar-refractivity contribution in [2.45, 2.75) is 32.7 Å². The molecule has 8 nitrogen and oxygen atoms in total. The van der Waals surface area contributed by atoms with Crippen molar-refractivity contribution >= 4 is 23.8 Å². The number of nitrogens with two attached hydrogens (primary N) is 1. The molecule has 2 amide bonds. The van der Waals surface area contributed by atoms with Crippen molar-refractivity contribution in [3.05, 3.63) is 35.4 Å². The summed E-state index contributed by atoms with van der Waals surface area (Å²) in [5, 5.41) is 17.0. The summed E-state index contributed by atoms with van der Waals surface area (Å²) in [7, 11) is 0. The van der Waals surface area contributed by atoms with Crippen LogP contribution in [0.15, 0.2) is 24.3 Å². The summed E-state index contributed by atoms with van der Waals surface area (Å²) in [6.45, 7) is 4.32. The molecule has 136 valence electrons. The fraction of sp³-hybridized carbons (Fsp3) is 0.412. The van der Waals surface area contributed by atoms with E-state index in [2.05, 4.69) is 0 Å². The Hall–Kier alpha value is -2.90. The van der Waals surface area contributed by atoms with E-state index in [-0.39, 0.29) is 28.9 Å². The number of carbonyl (C=O) groups excluding carboxylic acids is 2. The molecule has 2 rings (SSSR count). The number of carboxylic acids is 2. The zero-order valence-electron chi connectivity index (χ0n) is 14.1. The first kappa shape index (κ1) is 20.1. The monoisotopic (exact) mass is 350 g/mol. The van der Waals surface area contributed by atoms with Gasteiger partial charge >= 0.3 is 18.0 Å². The summed E-state index contributed by atoms with van der Waals surface area (Å²) in [5.74, 6) is -2.16. The van der Waals surface area contributed by atoms with Gasteiger partial charge in [-0.25, -0.2) is 14.4 Å². The summed E-state index contributed by atoms with van der Waals surface area (Å²) in [6, 6.07) is 4.45. The molecule has 0 unspecified atom stereocenters. The number of hydrogen-bond acceptors (Lipinski definition) is 4. The van der Waals surface area contributed by atoms with E-state index in [0.29, 0.717) is 6.54 Å². The van der Waals surface area contributed by atoms with E-state index in [1.807, 2.05) is 13.8 Å². The molecule has 0 spiro atoms. The van der Waals surface area contributed by atoms with Crippen LogP contribution >= 0.6 is 0 Å². The van der Waals surface area contributed by atoms with Crippen LogP contribution in [-0.2, 0) is 4.79 Å². The summed E-state index contributed by atoms with van der Waals surface area (Å²) >= 11 is 0. The highest BCUT2D eigenvalue weighted by Crippen LogP contribution is 2.20. The second-order valence-electron chi connectivity index (χ2n) is 5.94. The largest absolute Gasteiger partial charge is 0.478 e. The standard InChI is InChI=1S/C9H16N2O2.C8H6O4/c1-6(2)8(12)7-4-3-5-11(7)9(10)13;9-7(10)5-2-1-3-6(4-5)8(11)12/h6-7H,3-5H2,1-2H3,(H2,10,13);1-4H,(H,9,10)(H,11,12)/t7-;/m0./s1. The smallest absolute Gasteiger partial charge is 0.335 e. The van der Waals surface area contributed by atoms with Gasteiger partial charge in [0.05, 0.1) is 17.2 Å². The van der Waals surface area contributed by atoms with Gasteiger partial charge in [-0.15, -0.1) is 0 Å². The Balaban J connectivity index is 0.000000251. The molecule has 8 heteroatoms. The minimum Gasteiger partial charge on any atom is -0.478 e. The van der Waals surface area contributed by atoms with Crippen molar-refractivity contribution in [2.24, 2.45) is 11.7 Å². The van der Waals surface area contributed by atoms with E-state index in [1.54, 1.807) is 0 Å². The van der Waals surface area contributed by atoms with Crippen LogP contribution in [0.5, 0.6) is 0 Å². The van der Waals surface area contributed by atoms with Gasteiger partial charge in [-0.1, -0.05) is 19.9 Å². The Morgan fingerprint density at radius 2 is 1.64 bits per heavy atom. The number of ketones is 1. The van der Waals surface area contributed by atoms with Crippen molar-refractivity contribution in [1.82, 2.24) is 4.90 Å². The molecular weight excluding hydrogens is 328 g/mol. The lowest BCUT2D eigenvalue weighted by atomic mass is 10.0. The minimum absolute atomic E-state index is 0.0186. The third-order valence-electron chi connectivity index (χ3n) is 3.79. The molecule has 0 aromatic heterocycles. The SMILES string of the molecule is CC(C)C(=O)[C@@H]1CCCN1C(N)=O.O=C(O)c1cccc(C(=O)O)c1. The highest BCUT2D eigenvalue weighted by Gasteiger charge is 2.33. The van der Waals surface area contributed by atoms with Crippen LogP contribution < -0.4 is 5.73 Å². The topological polar surface area (TPSA) is 138 Å². The van der Waals surface area contributed by atoms with Gasteiger partial charge in [0, 0.05) is 12.5 Å². The predicted octanol–water partition coefficient (Wildman–Crippen LogP) is 1.84. The van der Waals surface area contributed by atoms with Crippen molar-refractivity contribution in [3.8, 4) is 0 Å². The van der Waals surface area contributed by atoms with Gasteiger partial charge in [-0.05, 0) is 31.0 Å². The van der Waals surface area contributed by atoms with E-state index < -0.39 is 18.0 Å². The zero-order chi connectivity index (χ0) is 19.1. The highest BCUT2D eigenvalue weighted by atomic mass is 16.4. The molecule has 1 aromatic rings. The second kappa shape index (κ2) is 8.81. The van der Waals surface area contributed by atoms with E-state index in [9.17, 15) is 19.2 Å². The quantitative estimate of drug-likeness (QED) is 0.757. The van der Waals surface area contributed by atoms with Crippen LogP contribution in [0.4, 0.5) is 4.79 Å². The number of amides is 2. The summed E-state index contributed by atoms with van der Waals surface area (Å²) < 4.78 is 0. The molecule has 0 aliphatic carbocycles. The molecule has 1 atom stereocenters. The Morgan fingerprint density at radius 1 is 1.12 bits per heavy atom. The molecular formula is C17H22N2O6. The number of nitrogens with zero attached hydrogens (tertiary/aromatic N) is 1. The van der Waals surface area contributed by atoms with Gasteiger partial charge in [0.15, 0.2) is 5.78 Å². The van der Waals surface area contributed by atoms with Crippen LogP contribution in [0.1, 0.15) is 47.4 Å². The first-order valence-corrected chi connectivity index (χ1v) is 7.81. The highest BCUT2D eigenvalue weighted by molar-refractivity contribution is 5.93. The van der Waals surface area contributed by atoms with Gasteiger partial charge in [-0.3, -0.25) is 4.79 Å². The van der Waals surface area contributed by atoms with Crippen molar-refractivity contribution in [1.29, 1.82) is 0 Å². The lowest BCUT2D eigenvalue weighted by Crippen LogP contribution is -2.44. The van der Waals surface area contributed by atoms with E-state index >= 15 is 0 Å². The molecule has 4 N–H and O–H groups in total. The van der Waals surface area contributed by atoms with Crippen LogP contribution in [0.2, 0.25) is 0 Å². The summed E-state index contributed by atoms with van der Waals surface area (Å²) in [6.07, 6.45) is 1.64. The molecule has 25 heavy (non-hydrogen) atoms. The summed E-state index contributed by atoms with van der Waals surface area (Å²) in [4.78, 5) is 44.8. The van der Waals surface area contributed by atoms with Crippen molar-refractivity contribution in [3.63, 3.8) is 0 Å². The first-order chi connectivity index (χ1) is 11.6. The normalized spacial score (nSPS) is 16.1. The number of carboxylic acid groups (broad SMARTS) is 2. The van der Waals surface area contributed by atoms with E-state index in [0.717, 1.165) is 18.9 Å². The maximum Gasteiger partial charge on any atom is 0.335 e. The van der Waals surface area contributed by atoms with Gasteiger partial charge in [0.1, 0.15) is 0 Å². The molecule has 1 aliphatic heterocycles. The van der Waals surface area contributed by atoms with Crippen molar-refractivity contribution < 1.29 is 29.4 Å². The number of Topliss-reactive ketones (excluding diaryl/α,β-unsaturated/α-hetero) is 1. The van der Waals surface area contributed by atoms with E-state index in [1.165, 1.54) is 23.1 Å². The fourth-order valence-electron chi connectivity index (χ4n) is 2.50. The fourth-order valence-corrected chi connectivity index (χ4v) is 2.50. The van der Waals surface area contributed by atoms with Crippen LogP contribution in [0.25, 0.3) is 0 Å². The third kappa shape index (κ3) is 5.59. The minimum atomic E-state index is -1.13. The van der Waals surface area contributed by atoms with Gasteiger partial charge < -0.3 is 20.8 Å². The average molecular weight is 350 g/mol. The molecule has 0 bridgehead atoms. The number of primary amides is 1. The lowest BCUT2D eigenvalue weighted by molar-refractivity contribution is -0.125. The van der Waals surface area contributed by atoms with Gasteiger partial charge in [0.2, 0.25) is 0 Å². The number of aromatic carboxylic acids is 2.